The lowest BCUT2D eigenvalue weighted by atomic mass is 10.1. The third-order valence-corrected chi connectivity index (χ3v) is 4.88. The number of likely N-dealkylation sites (tertiary alicyclic amines) is 1. The predicted octanol–water partition coefficient (Wildman–Crippen LogP) is 3.22. The number of carbonyl (C=O) groups is 2. The zero-order valence-electron chi connectivity index (χ0n) is 16.5. The Kier molecular flexibility index (Phi) is 5.74. The number of esters is 1. The lowest BCUT2D eigenvalue weighted by Crippen LogP contribution is -2.23. The molecule has 0 radical (unpaired) electrons. The molecule has 0 N–H and O–H groups in total. The molecule has 8 nitrogen and oxygen atoms in total. The summed E-state index contributed by atoms with van der Waals surface area (Å²) in [5.74, 6) is 1.03. The number of benzene rings is 2. The minimum Gasteiger partial charge on any atom is -0.497 e. The second kappa shape index (κ2) is 8.77. The summed E-state index contributed by atoms with van der Waals surface area (Å²) >= 11 is 0. The molecule has 2 aromatic carbocycles. The highest BCUT2D eigenvalue weighted by atomic mass is 16.6. The molecule has 0 aliphatic carbocycles. The molecule has 0 unspecified atom stereocenters. The maximum absolute atomic E-state index is 12.3. The molecular weight excluding hydrogens is 386 g/mol. The Labute approximate surface area is 173 Å². The number of amides is 1. The van der Waals surface area contributed by atoms with Crippen LogP contribution in [0, 0.1) is 0 Å². The number of nitrogens with zero attached hydrogens (tertiary/aromatic N) is 3. The van der Waals surface area contributed by atoms with E-state index in [4.69, 9.17) is 14.0 Å². The van der Waals surface area contributed by atoms with E-state index in [1.807, 2.05) is 29.2 Å². The highest BCUT2D eigenvalue weighted by Crippen LogP contribution is 2.20. The highest BCUT2D eigenvalue weighted by Gasteiger charge is 2.20. The molecule has 4 rings (SSSR count). The average molecular weight is 407 g/mol. The third kappa shape index (κ3) is 4.48. The van der Waals surface area contributed by atoms with E-state index in [1.165, 1.54) is 0 Å². The van der Waals surface area contributed by atoms with Gasteiger partial charge in [0.2, 0.25) is 11.7 Å². The molecule has 1 aliphatic rings. The second-order valence-electron chi connectivity index (χ2n) is 6.93. The number of rotatable bonds is 7. The molecule has 3 aromatic rings. The van der Waals surface area contributed by atoms with Crippen LogP contribution in [0.2, 0.25) is 0 Å². The van der Waals surface area contributed by atoms with Gasteiger partial charge in [0.05, 0.1) is 12.7 Å². The fourth-order valence-electron chi connectivity index (χ4n) is 3.22. The van der Waals surface area contributed by atoms with Gasteiger partial charge in [0.15, 0.2) is 6.61 Å². The summed E-state index contributed by atoms with van der Waals surface area (Å²) in [7, 11) is 1.60. The van der Waals surface area contributed by atoms with Crippen molar-refractivity contribution in [1.82, 2.24) is 15.0 Å². The van der Waals surface area contributed by atoms with Crippen molar-refractivity contribution in [2.45, 2.75) is 26.0 Å². The zero-order valence-corrected chi connectivity index (χ0v) is 16.5. The van der Waals surface area contributed by atoms with E-state index >= 15 is 0 Å². The van der Waals surface area contributed by atoms with Gasteiger partial charge in [-0.15, -0.1) is 0 Å². The number of carbonyl (C=O) groups excluding carboxylic acids is 2. The number of hydrogen-bond donors (Lipinski definition) is 0. The summed E-state index contributed by atoms with van der Waals surface area (Å²) in [4.78, 5) is 30.1. The van der Waals surface area contributed by atoms with Crippen LogP contribution in [0.15, 0.2) is 53.1 Å². The van der Waals surface area contributed by atoms with Gasteiger partial charge in [-0.3, -0.25) is 4.79 Å². The van der Waals surface area contributed by atoms with Crippen LogP contribution in [0.5, 0.6) is 5.75 Å². The normalized spacial score (nSPS) is 13.5. The standard InChI is InChI=1S/C22H21N3O5/c1-28-18-10-8-16(9-11-18)21-23-19(30-24-21)14-29-22(27)17-6-4-15(5-7-17)13-25-12-2-3-20(25)26/h4-11H,2-3,12-14H2,1H3. The van der Waals surface area contributed by atoms with Crippen LogP contribution in [0.3, 0.4) is 0 Å². The van der Waals surface area contributed by atoms with E-state index < -0.39 is 5.97 Å². The van der Waals surface area contributed by atoms with Gasteiger partial charge in [0.25, 0.3) is 5.89 Å². The lowest BCUT2D eigenvalue weighted by molar-refractivity contribution is -0.128. The summed E-state index contributed by atoms with van der Waals surface area (Å²) in [5, 5.41) is 3.91. The summed E-state index contributed by atoms with van der Waals surface area (Å²) in [6.07, 6.45) is 1.51. The molecule has 8 heteroatoms. The van der Waals surface area contributed by atoms with Gasteiger partial charge in [-0.05, 0) is 48.4 Å². The van der Waals surface area contributed by atoms with Crippen LogP contribution in [0.1, 0.15) is 34.7 Å². The van der Waals surface area contributed by atoms with Gasteiger partial charge in [-0.1, -0.05) is 17.3 Å². The quantitative estimate of drug-likeness (QED) is 0.555. The van der Waals surface area contributed by atoms with Gasteiger partial charge in [0.1, 0.15) is 5.75 Å². The first-order valence-corrected chi connectivity index (χ1v) is 9.63. The van der Waals surface area contributed by atoms with Crippen molar-refractivity contribution in [3.05, 3.63) is 65.5 Å². The number of methoxy groups -OCH3 is 1. The average Bonchev–Trinajstić information content (AvgIpc) is 3.42. The molecule has 154 valence electrons. The fourth-order valence-corrected chi connectivity index (χ4v) is 3.22. The largest absolute Gasteiger partial charge is 0.497 e. The van der Waals surface area contributed by atoms with E-state index in [-0.39, 0.29) is 18.4 Å². The molecular formula is C22H21N3O5. The Hall–Kier alpha value is -3.68. The molecule has 30 heavy (non-hydrogen) atoms. The number of hydrogen-bond acceptors (Lipinski definition) is 7. The van der Waals surface area contributed by atoms with Crippen molar-refractivity contribution in [3.8, 4) is 17.1 Å². The summed E-state index contributed by atoms with van der Waals surface area (Å²) in [6, 6.07) is 14.3. The monoisotopic (exact) mass is 407 g/mol. The SMILES string of the molecule is COc1ccc(-c2noc(COC(=O)c3ccc(CN4CCCC4=O)cc3)n2)cc1. The highest BCUT2D eigenvalue weighted by molar-refractivity contribution is 5.89. The van der Waals surface area contributed by atoms with Crippen LogP contribution in [-0.4, -0.2) is 40.6 Å². The molecule has 1 aromatic heterocycles. The van der Waals surface area contributed by atoms with E-state index in [9.17, 15) is 9.59 Å². The Morgan fingerprint density at radius 2 is 1.90 bits per heavy atom. The Morgan fingerprint density at radius 3 is 2.57 bits per heavy atom. The van der Waals surface area contributed by atoms with Gasteiger partial charge < -0.3 is 18.9 Å². The first kappa shape index (κ1) is 19.6. The Morgan fingerprint density at radius 1 is 1.13 bits per heavy atom. The van der Waals surface area contributed by atoms with Gasteiger partial charge in [0, 0.05) is 25.1 Å². The first-order valence-electron chi connectivity index (χ1n) is 9.63. The first-order chi connectivity index (χ1) is 14.6. The van der Waals surface area contributed by atoms with E-state index in [2.05, 4.69) is 10.1 Å². The topological polar surface area (TPSA) is 94.8 Å². The maximum atomic E-state index is 12.3. The fraction of sp³-hybridized carbons (Fsp3) is 0.273. The molecule has 1 amide bonds. The van der Waals surface area contributed by atoms with Gasteiger partial charge in [-0.2, -0.15) is 4.98 Å². The third-order valence-electron chi connectivity index (χ3n) is 4.88. The zero-order chi connectivity index (χ0) is 20.9. The molecule has 2 heterocycles. The molecule has 0 bridgehead atoms. The molecule has 0 spiro atoms. The Balaban J connectivity index is 1.32. The van der Waals surface area contributed by atoms with Gasteiger partial charge in [-0.25, -0.2) is 4.79 Å². The van der Waals surface area contributed by atoms with Gasteiger partial charge >= 0.3 is 5.97 Å². The summed E-state index contributed by atoms with van der Waals surface area (Å²) < 4.78 is 15.6. The van der Waals surface area contributed by atoms with Crippen LogP contribution in [0.4, 0.5) is 0 Å². The summed E-state index contributed by atoms with van der Waals surface area (Å²) in [5.41, 5.74) is 2.16. The number of ether oxygens (including phenoxy) is 2. The van der Waals surface area contributed by atoms with E-state index in [0.717, 1.165) is 29.8 Å². The second-order valence-corrected chi connectivity index (χ2v) is 6.93. The molecule has 1 saturated heterocycles. The van der Waals surface area contributed by atoms with Crippen molar-refractivity contribution < 1.29 is 23.6 Å². The van der Waals surface area contributed by atoms with Crippen LogP contribution < -0.4 is 4.74 Å². The van der Waals surface area contributed by atoms with E-state index in [0.29, 0.717) is 24.4 Å². The van der Waals surface area contributed by atoms with E-state index in [1.54, 1.807) is 31.4 Å². The Bertz CT molecular complexity index is 1030. The molecule has 0 saturated carbocycles. The van der Waals surface area contributed by atoms with Crippen molar-refractivity contribution in [2.24, 2.45) is 0 Å². The minimum atomic E-state index is -0.483. The lowest BCUT2D eigenvalue weighted by Gasteiger charge is -2.15. The van der Waals surface area contributed by atoms with Crippen molar-refractivity contribution in [2.75, 3.05) is 13.7 Å². The van der Waals surface area contributed by atoms with Crippen molar-refractivity contribution in [1.29, 1.82) is 0 Å². The molecule has 0 atom stereocenters. The smallest absolute Gasteiger partial charge is 0.338 e. The minimum absolute atomic E-state index is 0.119. The predicted molar refractivity (Wildman–Crippen MR) is 106 cm³/mol. The molecule has 1 fully saturated rings. The molecule has 1 aliphatic heterocycles. The van der Waals surface area contributed by atoms with Crippen LogP contribution in [-0.2, 0) is 22.7 Å². The van der Waals surface area contributed by atoms with Crippen molar-refractivity contribution >= 4 is 11.9 Å². The van der Waals surface area contributed by atoms with Crippen LogP contribution >= 0.6 is 0 Å². The number of aromatic nitrogens is 2. The maximum Gasteiger partial charge on any atom is 0.338 e. The summed E-state index contributed by atoms with van der Waals surface area (Å²) in [6.45, 7) is 1.22. The van der Waals surface area contributed by atoms with Crippen LogP contribution in [0.25, 0.3) is 11.4 Å². The van der Waals surface area contributed by atoms with Crippen molar-refractivity contribution in [3.63, 3.8) is 0 Å².